The summed E-state index contributed by atoms with van der Waals surface area (Å²) in [5.74, 6) is -0.524. The Hall–Kier alpha value is -3.09. The molecule has 0 saturated carbocycles. The van der Waals surface area contributed by atoms with Gasteiger partial charge in [-0.15, -0.1) is 0 Å². The Bertz CT molecular complexity index is 884. The zero-order valence-electron chi connectivity index (χ0n) is 15.9. The first-order valence-corrected chi connectivity index (χ1v) is 8.98. The maximum absolute atomic E-state index is 12.0. The van der Waals surface area contributed by atoms with E-state index in [2.05, 4.69) is 17.5 Å². The Morgan fingerprint density at radius 2 is 2.07 bits per heavy atom. The van der Waals surface area contributed by atoms with E-state index >= 15 is 0 Å². The number of allylic oxidation sites excluding steroid dienone is 3. The molecule has 1 aliphatic rings. The number of rotatable bonds is 7. The highest BCUT2D eigenvalue weighted by Gasteiger charge is 2.28. The minimum Gasteiger partial charge on any atom is -0.382 e. The summed E-state index contributed by atoms with van der Waals surface area (Å²) in [6.07, 6.45) is 1.27. The van der Waals surface area contributed by atoms with Gasteiger partial charge in [0.25, 0.3) is 0 Å². The number of hydrogen-bond acceptors (Lipinski definition) is 5. The first-order valence-electron chi connectivity index (χ1n) is 8.98. The maximum Gasteiger partial charge on any atom is 0.248 e. The van der Waals surface area contributed by atoms with Crippen molar-refractivity contribution in [1.82, 2.24) is 5.32 Å². The van der Waals surface area contributed by atoms with Gasteiger partial charge in [-0.1, -0.05) is 12.1 Å². The predicted molar refractivity (Wildman–Crippen MR) is 103 cm³/mol. The molecule has 0 bridgehead atoms. The first kappa shape index (κ1) is 20.2. The van der Waals surface area contributed by atoms with Crippen molar-refractivity contribution in [2.24, 2.45) is 5.73 Å². The van der Waals surface area contributed by atoms with Crippen molar-refractivity contribution in [2.45, 2.75) is 39.7 Å². The minimum absolute atomic E-state index is 0.226. The third kappa shape index (κ3) is 4.19. The number of nitrogens with zero attached hydrogens (tertiary/aromatic N) is 2. The second kappa shape index (κ2) is 9.02. The monoisotopic (exact) mass is 364 g/mol. The van der Waals surface area contributed by atoms with Crippen LogP contribution in [-0.4, -0.2) is 25.2 Å². The van der Waals surface area contributed by atoms with Gasteiger partial charge in [-0.3, -0.25) is 4.79 Å². The summed E-state index contributed by atoms with van der Waals surface area (Å²) in [5.41, 5.74) is 9.65. The van der Waals surface area contributed by atoms with Crippen LogP contribution in [0.25, 0.3) is 5.57 Å². The van der Waals surface area contributed by atoms with Gasteiger partial charge in [-0.05, 0) is 50.8 Å². The van der Waals surface area contributed by atoms with Gasteiger partial charge in [-0.25, -0.2) is 0 Å². The van der Waals surface area contributed by atoms with Crippen molar-refractivity contribution < 1.29 is 9.53 Å². The van der Waals surface area contributed by atoms with Crippen LogP contribution in [0.2, 0.25) is 0 Å². The second-order valence-corrected chi connectivity index (χ2v) is 6.37. The summed E-state index contributed by atoms with van der Waals surface area (Å²) in [6.45, 7) is 6.80. The lowest BCUT2D eigenvalue weighted by Gasteiger charge is -2.27. The number of hydrogen-bond donors (Lipinski definition) is 2. The molecule has 140 valence electrons. The van der Waals surface area contributed by atoms with E-state index in [1.54, 1.807) is 12.1 Å². The largest absolute Gasteiger partial charge is 0.382 e. The minimum atomic E-state index is -0.524. The fourth-order valence-corrected chi connectivity index (χ4v) is 3.40. The summed E-state index contributed by atoms with van der Waals surface area (Å²) in [4.78, 5) is 12.0. The number of nitrogens with one attached hydrogen (secondary N) is 1. The van der Waals surface area contributed by atoms with E-state index in [1.807, 2.05) is 26.8 Å². The highest BCUT2D eigenvalue weighted by Crippen LogP contribution is 2.36. The summed E-state index contributed by atoms with van der Waals surface area (Å²) in [5, 5.41) is 22.6. The quantitative estimate of drug-likeness (QED) is 0.723. The molecule has 6 heteroatoms. The van der Waals surface area contributed by atoms with Gasteiger partial charge in [0.05, 0.1) is 23.3 Å². The summed E-state index contributed by atoms with van der Waals surface area (Å²) >= 11 is 0. The lowest BCUT2D eigenvalue weighted by Crippen LogP contribution is -2.31. The number of primary amides is 1. The van der Waals surface area contributed by atoms with Crippen LogP contribution in [-0.2, 0) is 11.2 Å². The molecule has 27 heavy (non-hydrogen) atoms. The van der Waals surface area contributed by atoms with Crippen LogP contribution in [0, 0.1) is 22.7 Å². The van der Waals surface area contributed by atoms with Crippen molar-refractivity contribution in [3.63, 3.8) is 0 Å². The number of benzene rings is 1. The van der Waals surface area contributed by atoms with Crippen LogP contribution in [0.4, 0.5) is 0 Å². The van der Waals surface area contributed by atoms with Crippen molar-refractivity contribution in [3.8, 4) is 12.1 Å². The standard InChI is InChI=1S/C21H24N4O2/c1-4-27-10-6-9-15-16(7-5-8-17(15)21(24)26)20-18(11-22)13(2)25-14(3)19(20)12-23/h5,7-8,13,25H,4,6,9-10H2,1-3H3,(H2,24,26). The van der Waals surface area contributed by atoms with E-state index < -0.39 is 5.91 Å². The second-order valence-electron chi connectivity index (χ2n) is 6.37. The van der Waals surface area contributed by atoms with Crippen LogP contribution < -0.4 is 11.1 Å². The molecule has 1 aromatic rings. The molecule has 0 aromatic heterocycles. The zero-order valence-corrected chi connectivity index (χ0v) is 15.9. The SMILES string of the molecule is CCOCCCc1c(C(N)=O)cccc1C1=C(C#N)C(C)NC(C)=C1C#N. The molecule has 0 aliphatic carbocycles. The number of carbonyl (C=O) groups is 1. The molecule has 0 radical (unpaired) electrons. The van der Waals surface area contributed by atoms with Crippen molar-refractivity contribution in [3.05, 3.63) is 51.7 Å². The summed E-state index contributed by atoms with van der Waals surface area (Å²) < 4.78 is 5.41. The van der Waals surface area contributed by atoms with Gasteiger partial charge >= 0.3 is 0 Å². The van der Waals surface area contributed by atoms with E-state index in [4.69, 9.17) is 10.5 Å². The van der Waals surface area contributed by atoms with Gasteiger partial charge in [0, 0.05) is 30.0 Å². The Labute approximate surface area is 159 Å². The first-order chi connectivity index (χ1) is 13.0. The molecule has 1 aromatic carbocycles. The average molecular weight is 364 g/mol. The molecular formula is C21H24N4O2. The third-order valence-corrected chi connectivity index (χ3v) is 4.62. The number of nitrogens with two attached hydrogens (primary N) is 1. The normalized spacial score (nSPS) is 16.6. The predicted octanol–water partition coefficient (Wildman–Crippen LogP) is 2.82. The molecule has 2 rings (SSSR count). The molecule has 3 N–H and O–H groups in total. The molecule has 1 aliphatic heterocycles. The highest BCUT2D eigenvalue weighted by atomic mass is 16.5. The smallest absolute Gasteiger partial charge is 0.248 e. The molecule has 1 heterocycles. The van der Waals surface area contributed by atoms with Crippen molar-refractivity contribution in [2.75, 3.05) is 13.2 Å². The Morgan fingerprint density at radius 3 is 2.67 bits per heavy atom. The number of nitriles is 2. The summed E-state index contributed by atoms with van der Waals surface area (Å²) in [7, 11) is 0. The molecule has 1 unspecified atom stereocenters. The van der Waals surface area contributed by atoms with E-state index in [0.29, 0.717) is 59.6 Å². The van der Waals surface area contributed by atoms with Gasteiger partial charge in [0.15, 0.2) is 0 Å². The van der Waals surface area contributed by atoms with Gasteiger partial charge < -0.3 is 15.8 Å². The van der Waals surface area contributed by atoms with E-state index in [0.717, 1.165) is 5.56 Å². The molecule has 0 spiro atoms. The van der Waals surface area contributed by atoms with Crippen LogP contribution >= 0.6 is 0 Å². The number of amides is 1. The molecule has 6 nitrogen and oxygen atoms in total. The lowest BCUT2D eigenvalue weighted by molar-refractivity contribution is 0.0998. The Morgan fingerprint density at radius 1 is 1.33 bits per heavy atom. The van der Waals surface area contributed by atoms with Crippen molar-refractivity contribution >= 4 is 11.5 Å². The molecule has 0 saturated heterocycles. The van der Waals surface area contributed by atoms with Crippen LogP contribution in [0.15, 0.2) is 35.0 Å². The zero-order chi connectivity index (χ0) is 20.0. The van der Waals surface area contributed by atoms with Crippen LogP contribution in [0.1, 0.15) is 48.7 Å². The Kier molecular flexibility index (Phi) is 6.76. The fourth-order valence-electron chi connectivity index (χ4n) is 3.40. The number of dihydropyridines is 1. The van der Waals surface area contributed by atoms with E-state index in [9.17, 15) is 15.3 Å². The van der Waals surface area contributed by atoms with Crippen LogP contribution in [0.5, 0.6) is 0 Å². The lowest BCUT2D eigenvalue weighted by atomic mass is 9.82. The Balaban J connectivity index is 2.68. The molecule has 1 amide bonds. The molecular weight excluding hydrogens is 340 g/mol. The van der Waals surface area contributed by atoms with Crippen LogP contribution in [0.3, 0.4) is 0 Å². The van der Waals surface area contributed by atoms with E-state index in [-0.39, 0.29) is 6.04 Å². The fraction of sp³-hybridized carbons (Fsp3) is 0.381. The maximum atomic E-state index is 12.0. The number of ether oxygens (including phenoxy) is 1. The third-order valence-electron chi connectivity index (χ3n) is 4.62. The average Bonchev–Trinajstić information content (AvgIpc) is 2.64. The van der Waals surface area contributed by atoms with E-state index in [1.165, 1.54) is 0 Å². The molecule has 1 atom stereocenters. The summed E-state index contributed by atoms with van der Waals surface area (Å²) in [6, 6.07) is 9.47. The van der Waals surface area contributed by atoms with Gasteiger partial charge in [0.2, 0.25) is 5.91 Å². The topological polar surface area (TPSA) is 112 Å². The van der Waals surface area contributed by atoms with Crippen molar-refractivity contribution in [1.29, 1.82) is 10.5 Å². The highest BCUT2D eigenvalue weighted by molar-refractivity contribution is 5.98. The molecule has 0 fully saturated rings. The number of carbonyl (C=O) groups excluding carboxylic acids is 1. The van der Waals surface area contributed by atoms with Gasteiger partial charge in [0.1, 0.15) is 6.07 Å². The van der Waals surface area contributed by atoms with Gasteiger partial charge in [-0.2, -0.15) is 10.5 Å².